The molecule has 2 heterocycles. The zero-order chi connectivity index (χ0) is 24.2. The summed E-state index contributed by atoms with van der Waals surface area (Å²) < 4.78 is 11.2. The van der Waals surface area contributed by atoms with Crippen LogP contribution in [0.25, 0.3) is 0 Å². The lowest BCUT2D eigenvalue weighted by Crippen LogP contribution is -2.64. The van der Waals surface area contributed by atoms with E-state index in [9.17, 15) is 19.8 Å². The van der Waals surface area contributed by atoms with Gasteiger partial charge in [0.25, 0.3) is 0 Å². The Hall–Kier alpha value is -1.24. The fraction of sp³-hybridized carbons (Fsp3) is 0.857. The van der Waals surface area contributed by atoms with Crippen molar-refractivity contribution in [3.8, 4) is 0 Å². The predicted molar refractivity (Wildman–Crippen MR) is 125 cm³/mol. The normalized spacial score (nSPS) is 52.3. The van der Waals surface area contributed by atoms with Crippen molar-refractivity contribution in [2.45, 2.75) is 103 Å². The zero-order valence-electron chi connectivity index (χ0n) is 21.0. The molecule has 0 unspecified atom stereocenters. The van der Waals surface area contributed by atoms with E-state index in [1.54, 1.807) is 0 Å². The molecule has 6 heteroatoms. The number of cyclic esters (lactones) is 1. The van der Waals surface area contributed by atoms with Gasteiger partial charge in [-0.15, -0.1) is 0 Å². The fourth-order valence-electron chi connectivity index (χ4n) is 9.85. The lowest BCUT2D eigenvalue weighted by Gasteiger charge is -2.59. The maximum atomic E-state index is 13.4. The molecule has 1 spiro atoms. The van der Waals surface area contributed by atoms with Gasteiger partial charge in [-0.3, -0.25) is 4.79 Å². The molecule has 4 aliphatic carbocycles. The smallest absolute Gasteiger partial charge is 0.337 e. The summed E-state index contributed by atoms with van der Waals surface area (Å²) in [6.07, 6.45) is 5.80. The molecule has 34 heavy (non-hydrogen) atoms. The van der Waals surface area contributed by atoms with Crippen LogP contribution < -0.4 is 0 Å². The summed E-state index contributed by atoms with van der Waals surface area (Å²) >= 11 is 0. The summed E-state index contributed by atoms with van der Waals surface area (Å²) in [6, 6.07) is 0. The summed E-state index contributed by atoms with van der Waals surface area (Å²) in [5.41, 5.74) is 0.621. The number of aliphatic hydroxyl groups excluding tert-OH is 2. The molecular formula is C28H40O6. The van der Waals surface area contributed by atoms with E-state index in [1.807, 2.05) is 6.92 Å². The molecule has 2 N–H and O–H groups in total. The summed E-state index contributed by atoms with van der Waals surface area (Å²) in [6.45, 7) is 9.03. The number of carbonyl (C=O) groups excluding carboxylic acids is 2. The molecule has 11 atom stereocenters. The molecule has 2 saturated heterocycles. The Morgan fingerprint density at radius 3 is 2.59 bits per heavy atom. The third-order valence-electron chi connectivity index (χ3n) is 11.9. The highest BCUT2D eigenvalue weighted by Gasteiger charge is 2.80. The number of ketones is 1. The summed E-state index contributed by atoms with van der Waals surface area (Å²) in [5.74, 6) is 1.88. The van der Waals surface area contributed by atoms with Gasteiger partial charge in [0.1, 0.15) is 18.0 Å². The van der Waals surface area contributed by atoms with Gasteiger partial charge in [-0.2, -0.15) is 0 Å². The van der Waals surface area contributed by atoms with E-state index in [1.165, 1.54) is 0 Å². The Morgan fingerprint density at radius 2 is 1.91 bits per heavy atom. The Morgan fingerprint density at radius 1 is 1.15 bits per heavy atom. The van der Waals surface area contributed by atoms with Crippen LogP contribution in [0.4, 0.5) is 0 Å². The molecule has 6 nitrogen and oxygen atoms in total. The monoisotopic (exact) mass is 472 g/mol. The van der Waals surface area contributed by atoms with Crippen molar-refractivity contribution in [1.82, 2.24) is 0 Å². The summed E-state index contributed by atoms with van der Waals surface area (Å²) in [5, 5.41) is 22.1. The number of Topliss-reactive ketones (excluding diaryl/α,β-unsaturated/α-hetero) is 1. The van der Waals surface area contributed by atoms with Gasteiger partial charge in [-0.25, -0.2) is 4.79 Å². The lowest BCUT2D eigenvalue weighted by molar-refractivity contribution is -0.165. The van der Waals surface area contributed by atoms with Crippen molar-refractivity contribution in [3.05, 3.63) is 11.1 Å². The van der Waals surface area contributed by atoms with E-state index in [-0.39, 0.29) is 29.3 Å². The van der Waals surface area contributed by atoms with Gasteiger partial charge in [-0.1, -0.05) is 19.4 Å². The van der Waals surface area contributed by atoms with Crippen LogP contribution in [0.15, 0.2) is 11.1 Å². The van der Waals surface area contributed by atoms with Crippen molar-refractivity contribution < 1.29 is 29.3 Å². The topological polar surface area (TPSA) is 96.4 Å². The molecule has 188 valence electrons. The van der Waals surface area contributed by atoms with E-state index in [0.29, 0.717) is 49.4 Å². The third-order valence-corrected chi connectivity index (χ3v) is 11.9. The van der Waals surface area contributed by atoms with Crippen LogP contribution in [0, 0.1) is 40.4 Å². The van der Waals surface area contributed by atoms with Crippen LogP contribution in [0.5, 0.6) is 0 Å². The summed E-state index contributed by atoms with van der Waals surface area (Å²) in [4.78, 5) is 25.0. The standard InChI is InChI=1S/C28H40O6/c1-14(17-13-33-25(17)32)11-21(29)15(2)18-5-6-19-16-12-24-28(34-24)23(31)8-7-22(30)27(28,4)20(16)9-10-26(18,19)3/h15-16,18-21,23-24,29,31H,5-13H2,1-4H3/b17-14-/t15-,16-,18+,19-,20-,21+,23-,24-,26+,27-,28+/m0/s1. The average Bonchev–Trinajstić information content (AvgIpc) is 3.42. The van der Waals surface area contributed by atoms with Crippen LogP contribution >= 0.6 is 0 Å². The van der Waals surface area contributed by atoms with Crippen molar-refractivity contribution in [1.29, 1.82) is 0 Å². The largest absolute Gasteiger partial charge is 0.457 e. The van der Waals surface area contributed by atoms with Crippen LogP contribution in [0.1, 0.15) is 79.1 Å². The molecule has 0 radical (unpaired) electrons. The molecule has 0 aromatic heterocycles. The second-order valence-electron chi connectivity index (χ2n) is 12.9. The van der Waals surface area contributed by atoms with Gasteiger partial charge in [-0.05, 0) is 93.8 Å². The third kappa shape index (κ3) is 2.74. The Bertz CT molecular complexity index is 957. The molecule has 0 aromatic carbocycles. The number of epoxide rings is 1. The molecule has 6 fully saturated rings. The van der Waals surface area contributed by atoms with E-state index < -0.39 is 23.2 Å². The highest BCUT2D eigenvalue weighted by molar-refractivity contribution is 5.94. The zero-order valence-corrected chi connectivity index (χ0v) is 21.0. The number of rotatable bonds is 4. The van der Waals surface area contributed by atoms with Crippen LogP contribution in [0.2, 0.25) is 0 Å². The first kappa shape index (κ1) is 23.2. The van der Waals surface area contributed by atoms with Gasteiger partial charge < -0.3 is 19.7 Å². The SMILES string of the molecule is C/C(C[C@@H](O)[C@@H](C)[C@H]1CC[C@H]2[C@@H]3C[C@@H]4O[C@]45[C@@H](O)CCC(=O)[C@]5(C)[C@H]3CC[C@]12C)=C1\COC1=O. The molecular weight excluding hydrogens is 432 g/mol. The first-order chi connectivity index (χ1) is 16.1. The number of aliphatic hydroxyl groups is 2. The average molecular weight is 473 g/mol. The van der Waals surface area contributed by atoms with Gasteiger partial charge in [0.05, 0.1) is 29.3 Å². The molecule has 4 saturated carbocycles. The number of fused-ring (bicyclic) bond motifs is 4. The molecule has 0 amide bonds. The minimum absolute atomic E-state index is 0.0129. The van der Waals surface area contributed by atoms with Gasteiger partial charge in [0.15, 0.2) is 0 Å². The van der Waals surface area contributed by atoms with Crippen molar-refractivity contribution >= 4 is 11.8 Å². The van der Waals surface area contributed by atoms with E-state index in [0.717, 1.165) is 43.3 Å². The highest BCUT2D eigenvalue weighted by atomic mass is 16.6. The van der Waals surface area contributed by atoms with Gasteiger partial charge in [0.2, 0.25) is 0 Å². The van der Waals surface area contributed by atoms with Gasteiger partial charge >= 0.3 is 5.97 Å². The number of esters is 1. The first-order valence-corrected chi connectivity index (χ1v) is 13.5. The van der Waals surface area contributed by atoms with E-state index >= 15 is 0 Å². The molecule has 0 bridgehead atoms. The second-order valence-corrected chi connectivity index (χ2v) is 12.9. The van der Waals surface area contributed by atoms with Crippen LogP contribution in [-0.4, -0.2) is 52.5 Å². The minimum Gasteiger partial charge on any atom is -0.457 e. The predicted octanol–water partition coefficient (Wildman–Crippen LogP) is 3.58. The van der Waals surface area contributed by atoms with Crippen LogP contribution in [0.3, 0.4) is 0 Å². The minimum atomic E-state index is -0.633. The van der Waals surface area contributed by atoms with E-state index in [4.69, 9.17) is 9.47 Å². The second kappa shape index (κ2) is 7.39. The Balaban J connectivity index is 1.23. The van der Waals surface area contributed by atoms with Crippen molar-refractivity contribution in [3.63, 3.8) is 0 Å². The highest BCUT2D eigenvalue weighted by Crippen LogP contribution is 2.73. The number of carbonyl (C=O) groups is 2. The van der Waals surface area contributed by atoms with Crippen molar-refractivity contribution in [2.75, 3.05) is 6.61 Å². The first-order valence-electron chi connectivity index (χ1n) is 13.5. The van der Waals surface area contributed by atoms with E-state index in [2.05, 4.69) is 20.8 Å². The Labute approximate surface area is 202 Å². The molecule has 2 aliphatic heterocycles. The lowest BCUT2D eigenvalue weighted by atomic mass is 9.43. The summed E-state index contributed by atoms with van der Waals surface area (Å²) in [7, 11) is 0. The Kier molecular flexibility index (Phi) is 5.04. The number of hydrogen-bond acceptors (Lipinski definition) is 6. The van der Waals surface area contributed by atoms with Crippen molar-refractivity contribution in [2.24, 2.45) is 40.4 Å². The maximum Gasteiger partial charge on any atom is 0.337 e. The molecule has 0 aromatic rings. The number of ether oxygens (including phenoxy) is 2. The van der Waals surface area contributed by atoms with Crippen LogP contribution in [-0.2, 0) is 19.1 Å². The number of hydrogen-bond donors (Lipinski definition) is 2. The fourth-order valence-corrected chi connectivity index (χ4v) is 9.85. The molecule has 6 rings (SSSR count). The maximum absolute atomic E-state index is 13.4. The molecule has 6 aliphatic rings. The quantitative estimate of drug-likeness (QED) is 0.369. The van der Waals surface area contributed by atoms with Gasteiger partial charge in [0, 0.05) is 6.42 Å².